The SMILES string of the molecule is CCN(Cc1ccccc1)C(=O)c1cc(NC(C)C)ncn1. The zero-order chi connectivity index (χ0) is 15.9. The van der Waals surface area contributed by atoms with Gasteiger partial charge in [0.2, 0.25) is 0 Å². The Bertz CT molecular complexity index is 613. The monoisotopic (exact) mass is 298 g/mol. The molecule has 0 spiro atoms. The minimum absolute atomic E-state index is 0.0828. The number of carbonyl (C=O) groups is 1. The summed E-state index contributed by atoms with van der Waals surface area (Å²) in [5.41, 5.74) is 1.52. The maximum atomic E-state index is 12.6. The van der Waals surface area contributed by atoms with Gasteiger partial charge in [0.25, 0.3) is 5.91 Å². The van der Waals surface area contributed by atoms with Crippen LogP contribution in [0.5, 0.6) is 0 Å². The zero-order valence-electron chi connectivity index (χ0n) is 13.3. The van der Waals surface area contributed by atoms with Crippen molar-refractivity contribution in [3.63, 3.8) is 0 Å². The molecule has 5 heteroatoms. The van der Waals surface area contributed by atoms with Gasteiger partial charge < -0.3 is 10.2 Å². The smallest absolute Gasteiger partial charge is 0.272 e. The fourth-order valence-electron chi connectivity index (χ4n) is 2.14. The Morgan fingerprint density at radius 1 is 1.23 bits per heavy atom. The first kappa shape index (κ1) is 15.9. The minimum Gasteiger partial charge on any atom is -0.368 e. The molecule has 0 atom stereocenters. The van der Waals surface area contributed by atoms with Crippen molar-refractivity contribution in [3.8, 4) is 0 Å². The van der Waals surface area contributed by atoms with Crippen LogP contribution in [-0.2, 0) is 6.54 Å². The predicted molar refractivity (Wildman–Crippen MR) is 87.6 cm³/mol. The lowest BCUT2D eigenvalue weighted by Crippen LogP contribution is -2.31. The van der Waals surface area contributed by atoms with Crippen LogP contribution in [0.1, 0.15) is 36.8 Å². The summed E-state index contributed by atoms with van der Waals surface area (Å²) in [5.74, 6) is 0.588. The van der Waals surface area contributed by atoms with Crippen LogP contribution in [0.3, 0.4) is 0 Å². The number of benzene rings is 1. The van der Waals surface area contributed by atoms with Crippen LogP contribution in [0.25, 0.3) is 0 Å². The number of nitrogens with zero attached hydrogens (tertiary/aromatic N) is 3. The molecular weight excluding hydrogens is 276 g/mol. The molecule has 0 radical (unpaired) electrons. The van der Waals surface area contributed by atoms with Crippen molar-refractivity contribution < 1.29 is 4.79 Å². The lowest BCUT2D eigenvalue weighted by atomic mass is 10.2. The van der Waals surface area contributed by atoms with Gasteiger partial charge in [-0.1, -0.05) is 30.3 Å². The van der Waals surface area contributed by atoms with Gasteiger partial charge >= 0.3 is 0 Å². The number of hydrogen-bond donors (Lipinski definition) is 1. The number of nitrogens with one attached hydrogen (secondary N) is 1. The molecule has 0 unspecified atom stereocenters. The molecule has 1 aromatic carbocycles. The molecule has 2 rings (SSSR count). The average molecular weight is 298 g/mol. The Morgan fingerprint density at radius 3 is 2.59 bits per heavy atom. The third kappa shape index (κ3) is 4.28. The molecule has 0 saturated carbocycles. The van der Waals surface area contributed by atoms with Crippen LogP contribution >= 0.6 is 0 Å². The van der Waals surface area contributed by atoms with Crippen LogP contribution in [0.2, 0.25) is 0 Å². The molecule has 0 aliphatic carbocycles. The lowest BCUT2D eigenvalue weighted by molar-refractivity contribution is 0.0746. The summed E-state index contributed by atoms with van der Waals surface area (Å²) in [4.78, 5) is 22.7. The van der Waals surface area contributed by atoms with E-state index in [1.54, 1.807) is 11.0 Å². The second-order valence-electron chi connectivity index (χ2n) is 5.39. The van der Waals surface area contributed by atoms with Crippen molar-refractivity contribution in [3.05, 3.63) is 54.0 Å². The predicted octanol–water partition coefficient (Wildman–Crippen LogP) is 2.96. The first-order chi connectivity index (χ1) is 10.6. The molecule has 116 valence electrons. The highest BCUT2D eigenvalue weighted by atomic mass is 16.2. The highest BCUT2D eigenvalue weighted by Gasteiger charge is 2.16. The van der Waals surface area contributed by atoms with E-state index in [2.05, 4.69) is 15.3 Å². The average Bonchev–Trinajstić information content (AvgIpc) is 2.52. The van der Waals surface area contributed by atoms with Gasteiger partial charge in [0.15, 0.2) is 0 Å². The number of anilines is 1. The van der Waals surface area contributed by atoms with E-state index in [-0.39, 0.29) is 11.9 Å². The second kappa shape index (κ2) is 7.54. The Morgan fingerprint density at radius 2 is 1.95 bits per heavy atom. The van der Waals surface area contributed by atoms with E-state index in [9.17, 15) is 4.79 Å². The topological polar surface area (TPSA) is 58.1 Å². The van der Waals surface area contributed by atoms with Crippen LogP contribution in [0.4, 0.5) is 5.82 Å². The Labute approximate surface area is 131 Å². The first-order valence-electron chi connectivity index (χ1n) is 7.52. The van der Waals surface area contributed by atoms with Gasteiger partial charge in [-0.2, -0.15) is 0 Å². The Kier molecular flexibility index (Phi) is 5.47. The summed E-state index contributed by atoms with van der Waals surface area (Å²) in [6.45, 7) is 7.22. The molecule has 1 amide bonds. The fourth-order valence-corrected chi connectivity index (χ4v) is 2.14. The maximum absolute atomic E-state index is 12.6. The van der Waals surface area contributed by atoms with Crippen LogP contribution in [-0.4, -0.2) is 33.4 Å². The van der Waals surface area contributed by atoms with Crippen molar-refractivity contribution in [2.24, 2.45) is 0 Å². The third-order valence-electron chi connectivity index (χ3n) is 3.21. The van der Waals surface area contributed by atoms with Gasteiger partial charge in [-0.05, 0) is 26.3 Å². The number of carbonyl (C=O) groups excluding carboxylic acids is 1. The quantitative estimate of drug-likeness (QED) is 0.890. The van der Waals surface area contributed by atoms with E-state index in [1.165, 1.54) is 6.33 Å². The van der Waals surface area contributed by atoms with Crippen molar-refractivity contribution >= 4 is 11.7 Å². The summed E-state index contributed by atoms with van der Waals surface area (Å²) in [5, 5.41) is 3.18. The number of rotatable bonds is 6. The number of amides is 1. The van der Waals surface area contributed by atoms with Gasteiger partial charge in [0, 0.05) is 25.2 Å². The van der Waals surface area contributed by atoms with Crippen LogP contribution in [0.15, 0.2) is 42.7 Å². The van der Waals surface area contributed by atoms with Gasteiger partial charge in [-0.3, -0.25) is 4.79 Å². The molecular formula is C17H22N4O. The summed E-state index contributed by atoms with van der Waals surface area (Å²) < 4.78 is 0. The molecule has 0 fully saturated rings. The maximum Gasteiger partial charge on any atom is 0.272 e. The van der Waals surface area contributed by atoms with Crippen LogP contribution in [0, 0.1) is 0 Å². The van der Waals surface area contributed by atoms with E-state index in [0.29, 0.717) is 24.6 Å². The molecule has 5 nitrogen and oxygen atoms in total. The van der Waals surface area contributed by atoms with Crippen molar-refractivity contribution in [2.75, 3.05) is 11.9 Å². The number of aromatic nitrogens is 2. The molecule has 22 heavy (non-hydrogen) atoms. The van der Waals surface area contributed by atoms with Gasteiger partial charge in [0.05, 0.1) is 0 Å². The highest BCUT2D eigenvalue weighted by Crippen LogP contribution is 2.11. The van der Waals surface area contributed by atoms with Gasteiger partial charge in [-0.15, -0.1) is 0 Å². The zero-order valence-corrected chi connectivity index (χ0v) is 13.3. The van der Waals surface area contributed by atoms with Crippen molar-refractivity contribution in [1.29, 1.82) is 0 Å². The Hall–Kier alpha value is -2.43. The van der Waals surface area contributed by atoms with E-state index >= 15 is 0 Å². The molecule has 1 aromatic heterocycles. The van der Waals surface area contributed by atoms with E-state index in [1.807, 2.05) is 51.1 Å². The second-order valence-corrected chi connectivity index (χ2v) is 5.39. The van der Waals surface area contributed by atoms with Gasteiger partial charge in [0.1, 0.15) is 17.8 Å². The van der Waals surface area contributed by atoms with Crippen molar-refractivity contribution in [2.45, 2.75) is 33.4 Å². The number of hydrogen-bond acceptors (Lipinski definition) is 4. The minimum atomic E-state index is -0.0828. The molecule has 0 aliphatic rings. The summed E-state index contributed by atoms with van der Waals surface area (Å²) in [7, 11) is 0. The molecule has 0 bridgehead atoms. The molecule has 1 heterocycles. The highest BCUT2D eigenvalue weighted by molar-refractivity contribution is 5.92. The summed E-state index contributed by atoms with van der Waals surface area (Å²) in [6.07, 6.45) is 1.42. The summed E-state index contributed by atoms with van der Waals surface area (Å²) >= 11 is 0. The molecule has 2 aromatic rings. The molecule has 1 N–H and O–H groups in total. The fraction of sp³-hybridized carbons (Fsp3) is 0.353. The Balaban J connectivity index is 2.14. The standard InChI is InChI=1S/C17H22N4O/c1-4-21(11-14-8-6-5-7-9-14)17(22)15-10-16(19-12-18-15)20-13(2)3/h5-10,12-13H,4,11H2,1-3H3,(H,18,19,20). The third-order valence-corrected chi connectivity index (χ3v) is 3.21. The normalized spacial score (nSPS) is 10.5. The molecule has 0 aliphatic heterocycles. The van der Waals surface area contributed by atoms with Crippen LogP contribution < -0.4 is 5.32 Å². The molecule has 0 saturated heterocycles. The largest absolute Gasteiger partial charge is 0.368 e. The van der Waals surface area contributed by atoms with Gasteiger partial charge in [-0.25, -0.2) is 9.97 Å². The van der Waals surface area contributed by atoms with E-state index < -0.39 is 0 Å². The summed E-state index contributed by atoms with van der Waals surface area (Å²) in [6, 6.07) is 11.9. The lowest BCUT2D eigenvalue weighted by Gasteiger charge is -2.21. The first-order valence-corrected chi connectivity index (χ1v) is 7.52. The van der Waals surface area contributed by atoms with E-state index in [0.717, 1.165) is 5.56 Å². The van der Waals surface area contributed by atoms with Crippen molar-refractivity contribution in [1.82, 2.24) is 14.9 Å². The van der Waals surface area contributed by atoms with E-state index in [4.69, 9.17) is 0 Å².